The first-order chi connectivity index (χ1) is 9.03. The van der Waals surface area contributed by atoms with Gasteiger partial charge in [0, 0.05) is 38.3 Å². The first-order valence-electron chi connectivity index (χ1n) is 7.81. The van der Waals surface area contributed by atoms with Gasteiger partial charge in [-0.05, 0) is 46.2 Å². The molecule has 4 nitrogen and oxygen atoms in total. The van der Waals surface area contributed by atoms with Gasteiger partial charge in [0.15, 0.2) is 0 Å². The minimum atomic E-state index is 0.00975. The molecule has 0 aromatic carbocycles. The summed E-state index contributed by atoms with van der Waals surface area (Å²) >= 11 is 0. The first-order valence-corrected chi connectivity index (χ1v) is 7.81. The van der Waals surface area contributed by atoms with E-state index in [0.29, 0.717) is 0 Å². The van der Waals surface area contributed by atoms with Crippen molar-refractivity contribution in [3.63, 3.8) is 0 Å². The highest BCUT2D eigenvalue weighted by molar-refractivity contribution is 5.01. The Morgan fingerprint density at radius 2 is 2.00 bits per heavy atom. The highest BCUT2D eigenvalue weighted by Crippen LogP contribution is 2.38. The van der Waals surface area contributed by atoms with Gasteiger partial charge in [-0.3, -0.25) is 4.90 Å². The summed E-state index contributed by atoms with van der Waals surface area (Å²) in [6.07, 6.45) is 4.49. The molecule has 0 aromatic heterocycles. The Kier molecular flexibility index (Phi) is 4.88. The molecule has 0 bridgehead atoms. The number of hydrogen-bond donors (Lipinski definition) is 1. The van der Waals surface area contributed by atoms with E-state index < -0.39 is 0 Å². The minimum Gasteiger partial charge on any atom is -0.375 e. The number of likely N-dealkylation sites (N-methyl/N-ethyl adjacent to an activating group) is 1. The summed E-state index contributed by atoms with van der Waals surface area (Å²) in [7, 11) is 2.22. The molecule has 2 aliphatic rings. The van der Waals surface area contributed by atoms with Crippen molar-refractivity contribution < 1.29 is 4.74 Å². The van der Waals surface area contributed by atoms with Crippen LogP contribution in [0.3, 0.4) is 0 Å². The van der Waals surface area contributed by atoms with Crippen molar-refractivity contribution in [1.82, 2.24) is 9.80 Å². The first kappa shape index (κ1) is 15.2. The third-order valence-electron chi connectivity index (χ3n) is 5.24. The van der Waals surface area contributed by atoms with Gasteiger partial charge in [0.2, 0.25) is 0 Å². The van der Waals surface area contributed by atoms with Gasteiger partial charge in [-0.15, -0.1) is 0 Å². The second-order valence-corrected chi connectivity index (χ2v) is 6.65. The number of nitrogens with two attached hydrogens (primary N) is 1. The Hall–Kier alpha value is -0.160. The average Bonchev–Trinajstić information content (AvgIpc) is 2.64. The van der Waals surface area contributed by atoms with Crippen molar-refractivity contribution in [1.29, 1.82) is 0 Å². The summed E-state index contributed by atoms with van der Waals surface area (Å²) in [6, 6.07) is 0. The molecule has 2 rings (SSSR count). The lowest BCUT2D eigenvalue weighted by Crippen LogP contribution is -2.61. The largest absolute Gasteiger partial charge is 0.375 e. The lowest BCUT2D eigenvalue weighted by Gasteiger charge is -2.51. The van der Waals surface area contributed by atoms with Crippen molar-refractivity contribution >= 4 is 0 Å². The second-order valence-electron chi connectivity index (χ2n) is 6.65. The van der Waals surface area contributed by atoms with E-state index in [1.165, 1.54) is 19.5 Å². The van der Waals surface area contributed by atoms with Crippen LogP contribution in [0.15, 0.2) is 0 Å². The van der Waals surface area contributed by atoms with Gasteiger partial charge in [-0.2, -0.15) is 0 Å². The molecule has 2 aliphatic heterocycles. The molecule has 2 unspecified atom stereocenters. The maximum absolute atomic E-state index is 6.22. The van der Waals surface area contributed by atoms with Crippen LogP contribution in [-0.2, 0) is 4.74 Å². The van der Waals surface area contributed by atoms with Crippen LogP contribution >= 0.6 is 0 Å². The monoisotopic (exact) mass is 269 g/mol. The predicted octanol–water partition coefficient (Wildman–Crippen LogP) is 1.30. The molecule has 0 radical (unpaired) electrons. The van der Waals surface area contributed by atoms with E-state index in [1.807, 2.05) is 0 Å². The number of rotatable bonds is 3. The Balaban J connectivity index is 2.12. The van der Waals surface area contributed by atoms with Gasteiger partial charge >= 0.3 is 0 Å². The smallest absolute Gasteiger partial charge is 0.0670 e. The lowest BCUT2D eigenvalue weighted by molar-refractivity contribution is -0.128. The molecule has 0 aliphatic carbocycles. The average molecular weight is 269 g/mol. The van der Waals surface area contributed by atoms with Crippen LogP contribution in [0.5, 0.6) is 0 Å². The Morgan fingerprint density at radius 3 is 2.68 bits per heavy atom. The number of nitrogens with zero attached hydrogens (tertiary/aromatic N) is 2. The summed E-state index contributed by atoms with van der Waals surface area (Å²) in [4.78, 5) is 5.09. The molecule has 2 heterocycles. The SMILES string of the molecule is CCC1(C)CC(CN)(N2CCCN(C)CC2)CCO1. The number of ether oxygens (including phenoxy) is 1. The fourth-order valence-electron chi connectivity index (χ4n) is 3.64. The van der Waals surface area contributed by atoms with E-state index in [4.69, 9.17) is 10.5 Å². The van der Waals surface area contributed by atoms with Gasteiger partial charge < -0.3 is 15.4 Å². The molecule has 0 amide bonds. The van der Waals surface area contributed by atoms with Crippen LogP contribution in [0.4, 0.5) is 0 Å². The molecule has 19 heavy (non-hydrogen) atoms. The van der Waals surface area contributed by atoms with Gasteiger partial charge in [0.05, 0.1) is 5.60 Å². The van der Waals surface area contributed by atoms with E-state index in [-0.39, 0.29) is 11.1 Å². The second kappa shape index (κ2) is 6.08. The standard InChI is InChI=1S/C15H31N3O/c1-4-14(2)12-15(13-16,6-11-19-14)18-8-5-7-17(3)9-10-18/h4-13,16H2,1-3H3. The fraction of sp³-hybridized carbons (Fsp3) is 1.00. The molecule has 0 spiro atoms. The maximum Gasteiger partial charge on any atom is 0.0670 e. The molecule has 0 aromatic rings. The molecule has 2 atom stereocenters. The quantitative estimate of drug-likeness (QED) is 0.838. The lowest BCUT2D eigenvalue weighted by atomic mass is 9.77. The topological polar surface area (TPSA) is 41.7 Å². The normalized spacial score (nSPS) is 39.2. The summed E-state index contributed by atoms with van der Waals surface area (Å²) in [5.74, 6) is 0. The van der Waals surface area contributed by atoms with Crippen molar-refractivity contribution in [3.8, 4) is 0 Å². The van der Waals surface area contributed by atoms with E-state index in [2.05, 4.69) is 30.7 Å². The Morgan fingerprint density at radius 1 is 1.21 bits per heavy atom. The van der Waals surface area contributed by atoms with Crippen LogP contribution in [0, 0.1) is 0 Å². The third kappa shape index (κ3) is 3.30. The molecule has 2 N–H and O–H groups in total. The Labute approximate surface area is 118 Å². The van der Waals surface area contributed by atoms with Crippen LogP contribution in [0.1, 0.15) is 39.5 Å². The van der Waals surface area contributed by atoms with E-state index in [1.54, 1.807) is 0 Å². The van der Waals surface area contributed by atoms with Crippen molar-refractivity contribution in [2.45, 2.75) is 50.7 Å². The highest BCUT2D eigenvalue weighted by atomic mass is 16.5. The zero-order valence-electron chi connectivity index (χ0n) is 13.0. The fourth-order valence-corrected chi connectivity index (χ4v) is 3.64. The minimum absolute atomic E-state index is 0.00975. The summed E-state index contributed by atoms with van der Waals surface area (Å²) in [6.45, 7) is 10.8. The molecule has 4 heteroatoms. The van der Waals surface area contributed by atoms with Gasteiger partial charge in [0.1, 0.15) is 0 Å². The van der Waals surface area contributed by atoms with E-state index >= 15 is 0 Å². The van der Waals surface area contributed by atoms with Crippen LogP contribution in [0.25, 0.3) is 0 Å². The molecule has 2 fully saturated rings. The summed E-state index contributed by atoms with van der Waals surface area (Å²) < 4.78 is 6.02. The van der Waals surface area contributed by atoms with Crippen molar-refractivity contribution in [3.05, 3.63) is 0 Å². The predicted molar refractivity (Wildman–Crippen MR) is 79.4 cm³/mol. The molecule has 2 saturated heterocycles. The molecule has 112 valence electrons. The third-order valence-corrected chi connectivity index (χ3v) is 5.24. The molecule has 0 saturated carbocycles. The van der Waals surface area contributed by atoms with Crippen LogP contribution in [0.2, 0.25) is 0 Å². The van der Waals surface area contributed by atoms with Gasteiger partial charge in [-0.25, -0.2) is 0 Å². The van der Waals surface area contributed by atoms with E-state index in [9.17, 15) is 0 Å². The van der Waals surface area contributed by atoms with Crippen LogP contribution in [-0.4, -0.2) is 67.3 Å². The molecular weight excluding hydrogens is 238 g/mol. The summed E-state index contributed by atoms with van der Waals surface area (Å²) in [5.41, 5.74) is 6.39. The van der Waals surface area contributed by atoms with Gasteiger partial charge in [0.25, 0.3) is 0 Å². The number of hydrogen-bond acceptors (Lipinski definition) is 4. The zero-order valence-corrected chi connectivity index (χ0v) is 13.0. The molecular formula is C15H31N3O. The van der Waals surface area contributed by atoms with Gasteiger partial charge in [-0.1, -0.05) is 6.92 Å². The Bertz CT molecular complexity index is 299. The van der Waals surface area contributed by atoms with Crippen molar-refractivity contribution in [2.75, 3.05) is 46.4 Å². The van der Waals surface area contributed by atoms with Crippen molar-refractivity contribution in [2.24, 2.45) is 5.73 Å². The van der Waals surface area contributed by atoms with E-state index in [0.717, 1.165) is 45.5 Å². The highest BCUT2D eigenvalue weighted by Gasteiger charge is 2.45. The maximum atomic E-state index is 6.22. The zero-order chi connectivity index (χ0) is 13.9. The summed E-state index contributed by atoms with van der Waals surface area (Å²) in [5, 5.41) is 0. The van der Waals surface area contributed by atoms with Crippen LogP contribution < -0.4 is 5.73 Å².